The average molecular weight is 287 g/mol. The number of thioether (sulfide) groups is 1. The molecule has 0 radical (unpaired) electrons. The van der Waals surface area contributed by atoms with Crippen molar-refractivity contribution in [1.82, 2.24) is 0 Å². The third kappa shape index (κ3) is 4.34. The Bertz CT molecular complexity index is 429. The standard InChI is InChI=1S/C12H17NO3S2/c1-3-4-5-17-7-9(14)13-10-8(2)6-18-11(10)12(15)16/h6H,3-5,7H2,1-2H3,(H,13,14)(H,15,16). The number of carboxylic acids is 1. The number of amides is 1. The molecule has 1 rings (SSSR count). The smallest absolute Gasteiger partial charge is 0.348 e. The van der Waals surface area contributed by atoms with Crippen molar-refractivity contribution in [3.05, 3.63) is 15.8 Å². The Labute approximate surface area is 115 Å². The van der Waals surface area contributed by atoms with Gasteiger partial charge in [0, 0.05) is 0 Å². The van der Waals surface area contributed by atoms with E-state index in [4.69, 9.17) is 5.11 Å². The Kier molecular flexibility index (Phi) is 6.21. The zero-order chi connectivity index (χ0) is 13.5. The lowest BCUT2D eigenvalue weighted by Crippen LogP contribution is -2.16. The molecular formula is C12H17NO3S2. The maximum absolute atomic E-state index is 11.7. The third-order valence-corrected chi connectivity index (χ3v) is 4.44. The first-order valence-electron chi connectivity index (χ1n) is 5.75. The van der Waals surface area contributed by atoms with E-state index in [-0.39, 0.29) is 10.8 Å². The number of anilines is 1. The van der Waals surface area contributed by atoms with E-state index in [1.54, 1.807) is 24.1 Å². The fourth-order valence-electron chi connectivity index (χ4n) is 1.34. The summed E-state index contributed by atoms with van der Waals surface area (Å²) >= 11 is 2.71. The second-order valence-electron chi connectivity index (χ2n) is 3.88. The molecule has 0 fully saturated rings. The highest BCUT2D eigenvalue weighted by atomic mass is 32.2. The van der Waals surface area contributed by atoms with Crippen molar-refractivity contribution in [2.45, 2.75) is 26.7 Å². The number of hydrogen-bond donors (Lipinski definition) is 2. The van der Waals surface area contributed by atoms with Gasteiger partial charge in [-0.1, -0.05) is 13.3 Å². The number of rotatable bonds is 7. The molecule has 0 aliphatic carbocycles. The highest BCUT2D eigenvalue weighted by molar-refractivity contribution is 7.99. The first-order valence-corrected chi connectivity index (χ1v) is 7.78. The van der Waals surface area contributed by atoms with E-state index in [1.807, 2.05) is 0 Å². The molecule has 0 aliphatic heterocycles. The molecule has 0 saturated carbocycles. The molecule has 0 atom stereocenters. The third-order valence-electron chi connectivity index (χ3n) is 2.31. The molecule has 0 saturated heterocycles. The molecule has 100 valence electrons. The van der Waals surface area contributed by atoms with Gasteiger partial charge in [0.1, 0.15) is 4.88 Å². The minimum absolute atomic E-state index is 0.139. The van der Waals surface area contributed by atoms with Crippen LogP contribution in [0.4, 0.5) is 5.69 Å². The quantitative estimate of drug-likeness (QED) is 0.756. The summed E-state index contributed by atoms with van der Waals surface area (Å²) in [5.74, 6) is 0.189. The van der Waals surface area contributed by atoms with Crippen molar-refractivity contribution in [1.29, 1.82) is 0 Å². The molecule has 1 aromatic heterocycles. The van der Waals surface area contributed by atoms with Gasteiger partial charge in [-0.3, -0.25) is 4.79 Å². The van der Waals surface area contributed by atoms with Gasteiger partial charge >= 0.3 is 5.97 Å². The van der Waals surface area contributed by atoms with Gasteiger partial charge < -0.3 is 10.4 Å². The summed E-state index contributed by atoms with van der Waals surface area (Å²) in [6.07, 6.45) is 2.21. The molecule has 0 unspecified atom stereocenters. The number of carbonyl (C=O) groups excluding carboxylic acids is 1. The number of hydrogen-bond acceptors (Lipinski definition) is 4. The average Bonchev–Trinajstić information content (AvgIpc) is 2.67. The SMILES string of the molecule is CCCCSCC(=O)Nc1c(C)csc1C(=O)O. The number of aromatic carboxylic acids is 1. The minimum Gasteiger partial charge on any atom is -0.477 e. The molecular weight excluding hydrogens is 270 g/mol. The Morgan fingerprint density at radius 3 is 2.83 bits per heavy atom. The van der Waals surface area contributed by atoms with Crippen molar-refractivity contribution in [2.24, 2.45) is 0 Å². The summed E-state index contributed by atoms with van der Waals surface area (Å²) in [5.41, 5.74) is 1.23. The maximum Gasteiger partial charge on any atom is 0.348 e. The number of unbranched alkanes of at least 4 members (excludes halogenated alkanes) is 1. The molecule has 0 aromatic carbocycles. The Hall–Kier alpha value is -1.01. The first-order chi connectivity index (χ1) is 8.56. The molecule has 18 heavy (non-hydrogen) atoms. The second kappa shape index (κ2) is 7.43. The summed E-state index contributed by atoms with van der Waals surface area (Å²) in [5, 5.41) is 13.4. The fourth-order valence-corrected chi connectivity index (χ4v) is 3.08. The van der Waals surface area contributed by atoms with Gasteiger partial charge in [0.15, 0.2) is 0 Å². The van der Waals surface area contributed by atoms with Gasteiger partial charge in [-0.25, -0.2) is 4.79 Å². The van der Waals surface area contributed by atoms with Crippen LogP contribution in [0, 0.1) is 6.92 Å². The normalized spacial score (nSPS) is 10.3. The lowest BCUT2D eigenvalue weighted by atomic mass is 10.2. The highest BCUT2D eigenvalue weighted by Gasteiger charge is 2.16. The van der Waals surface area contributed by atoms with E-state index < -0.39 is 5.97 Å². The predicted molar refractivity (Wildman–Crippen MR) is 76.9 cm³/mol. The monoisotopic (exact) mass is 287 g/mol. The highest BCUT2D eigenvalue weighted by Crippen LogP contribution is 2.27. The molecule has 1 aromatic rings. The number of carbonyl (C=O) groups is 2. The summed E-state index contributed by atoms with van der Waals surface area (Å²) in [7, 11) is 0. The summed E-state index contributed by atoms with van der Waals surface area (Å²) in [6, 6.07) is 0. The molecule has 0 spiro atoms. The molecule has 0 aliphatic rings. The van der Waals surface area contributed by atoms with Crippen LogP contribution in [0.5, 0.6) is 0 Å². The predicted octanol–water partition coefficient (Wildman–Crippen LogP) is 3.23. The molecule has 0 bridgehead atoms. The van der Waals surface area contributed by atoms with Gasteiger partial charge in [-0.2, -0.15) is 11.8 Å². The van der Waals surface area contributed by atoms with Crippen molar-refractivity contribution in [3.8, 4) is 0 Å². The second-order valence-corrected chi connectivity index (χ2v) is 5.87. The number of nitrogens with one attached hydrogen (secondary N) is 1. The molecule has 6 heteroatoms. The van der Waals surface area contributed by atoms with Gasteiger partial charge in [0.05, 0.1) is 11.4 Å². The van der Waals surface area contributed by atoms with Crippen LogP contribution in [0.15, 0.2) is 5.38 Å². The van der Waals surface area contributed by atoms with Crippen molar-refractivity contribution < 1.29 is 14.7 Å². The lowest BCUT2D eigenvalue weighted by molar-refractivity contribution is -0.113. The largest absolute Gasteiger partial charge is 0.477 e. The van der Waals surface area contributed by atoms with E-state index in [0.29, 0.717) is 11.4 Å². The van der Waals surface area contributed by atoms with Gasteiger partial charge in [0.25, 0.3) is 0 Å². The van der Waals surface area contributed by atoms with Crippen molar-refractivity contribution in [2.75, 3.05) is 16.8 Å². The van der Waals surface area contributed by atoms with Crippen LogP contribution in [0.2, 0.25) is 0 Å². The lowest BCUT2D eigenvalue weighted by Gasteiger charge is -2.06. The summed E-state index contributed by atoms with van der Waals surface area (Å²) < 4.78 is 0. The van der Waals surface area contributed by atoms with Crippen LogP contribution < -0.4 is 5.32 Å². The van der Waals surface area contributed by atoms with E-state index in [9.17, 15) is 9.59 Å². The van der Waals surface area contributed by atoms with E-state index in [1.165, 1.54) is 0 Å². The summed E-state index contributed by atoms with van der Waals surface area (Å²) in [4.78, 5) is 22.8. The number of thiophene rings is 1. The van der Waals surface area contributed by atoms with E-state index in [0.717, 1.165) is 35.5 Å². The zero-order valence-electron chi connectivity index (χ0n) is 10.5. The van der Waals surface area contributed by atoms with Crippen LogP contribution in [0.1, 0.15) is 35.0 Å². The van der Waals surface area contributed by atoms with Crippen LogP contribution >= 0.6 is 23.1 Å². The zero-order valence-corrected chi connectivity index (χ0v) is 12.1. The first kappa shape index (κ1) is 15.0. The molecule has 4 nitrogen and oxygen atoms in total. The summed E-state index contributed by atoms with van der Waals surface area (Å²) in [6.45, 7) is 3.90. The fraction of sp³-hybridized carbons (Fsp3) is 0.500. The van der Waals surface area contributed by atoms with Gasteiger partial charge in [-0.05, 0) is 30.0 Å². The Balaban J connectivity index is 2.53. The van der Waals surface area contributed by atoms with E-state index in [2.05, 4.69) is 12.2 Å². The van der Waals surface area contributed by atoms with Crippen LogP contribution in [-0.4, -0.2) is 28.5 Å². The Morgan fingerprint density at radius 1 is 1.50 bits per heavy atom. The Morgan fingerprint density at radius 2 is 2.22 bits per heavy atom. The number of carboxylic acid groups (broad SMARTS) is 1. The van der Waals surface area contributed by atoms with Crippen LogP contribution in [-0.2, 0) is 4.79 Å². The number of aryl methyl sites for hydroxylation is 1. The van der Waals surface area contributed by atoms with E-state index >= 15 is 0 Å². The topological polar surface area (TPSA) is 66.4 Å². The maximum atomic E-state index is 11.7. The van der Waals surface area contributed by atoms with Crippen LogP contribution in [0.25, 0.3) is 0 Å². The molecule has 1 amide bonds. The van der Waals surface area contributed by atoms with Gasteiger partial charge in [0.2, 0.25) is 5.91 Å². The van der Waals surface area contributed by atoms with Crippen LogP contribution in [0.3, 0.4) is 0 Å². The van der Waals surface area contributed by atoms with Crippen molar-refractivity contribution >= 4 is 40.7 Å². The van der Waals surface area contributed by atoms with Crippen molar-refractivity contribution in [3.63, 3.8) is 0 Å². The molecule has 2 N–H and O–H groups in total. The minimum atomic E-state index is -0.998. The van der Waals surface area contributed by atoms with Gasteiger partial charge in [-0.15, -0.1) is 11.3 Å². The molecule has 1 heterocycles.